The first kappa shape index (κ1) is 53.1. The van der Waals surface area contributed by atoms with E-state index in [2.05, 4.69) is 0 Å². The number of aromatic carboxylic acids is 1. The molecule has 1 aliphatic heterocycles. The summed E-state index contributed by atoms with van der Waals surface area (Å²) in [7, 11) is 0. The Labute approximate surface area is 418 Å². The first-order chi connectivity index (χ1) is 30.5. The Morgan fingerprint density at radius 2 is 1.23 bits per heavy atom. The number of esters is 1. The van der Waals surface area contributed by atoms with E-state index in [4.69, 9.17) is 56.2 Å². The molecule has 11 nitrogen and oxygen atoms in total. The maximum atomic E-state index is 15.1. The molecule has 1 amide bonds. The average molecular weight is 1050 g/mol. The van der Waals surface area contributed by atoms with Crippen molar-refractivity contribution in [3.63, 3.8) is 0 Å². The van der Waals surface area contributed by atoms with Crippen molar-refractivity contribution in [2.24, 2.45) is 0 Å². The normalized spacial score (nSPS) is 14.8. The number of aliphatic carboxylic acids is 1. The quantitative estimate of drug-likeness (QED) is 0.0796. The number of hydrogen-bond donors (Lipinski definition) is 2. The van der Waals surface area contributed by atoms with Crippen molar-refractivity contribution in [3.8, 4) is 0 Å². The second-order valence-corrected chi connectivity index (χ2v) is 17.5. The van der Waals surface area contributed by atoms with Gasteiger partial charge in [-0.1, -0.05) is 88.1 Å². The standard InChI is InChI=1S/C22H15Cl2F5N2O4S.C19H13Cl2F2NO4S.Na/c23-12-5-4-11-17(16(12)26)31(8-14(32)30-7-6-21(35,9-30)22(27,28)29)19(24)18(11)36-13-3-1-2-10(15(13)25)20(33)34;1-2-28-19(27)9-4-3-5-12(14(9)22)29-17-10-6-7-11(20)15(23)16(10)24(18(17)21)8-13(25)26;/h1-5,35H,6-9H2,(H,33,34);3-7H,2,8H2,1H3,(H,25,26);/q;;+1/p-1. The molecular weight excluding hydrogens is 1020 g/mol. The van der Waals surface area contributed by atoms with Crippen LogP contribution in [0.15, 0.2) is 80.2 Å². The first-order valence-corrected chi connectivity index (χ1v) is 21.6. The summed E-state index contributed by atoms with van der Waals surface area (Å²) in [5.74, 6) is -8.44. The average Bonchev–Trinajstić information content (AvgIpc) is 3.86. The Balaban J connectivity index is 0.000000249. The van der Waals surface area contributed by atoms with Crippen LogP contribution < -0.4 is 34.7 Å². The number of carbonyl (C=O) groups is 4. The molecule has 1 unspecified atom stereocenters. The molecule has 1 aliphatic rings. The second-order valence-electron chi connectivity index (χ2n) is 13.9. The molecule has 344 valence electrons. The predicted octanol–water partition coefficient (Wildman–Crippen LogP) is 6.91. The number of rotatable bonds is 11. The van der Waals surface area contributed by atoms with Gasteiger partial charge in [0.05, 0.1) is 55.6 Å². The van der Waals surface area contributed by atoms with Crippen LogP contribution in [0.4, 0.5) is 30.7 Å². The molecule has 0 radical (unpaired) electrons. The zero-order chi connectivity index (χ0) is 47.9. The summed E-state index contributed by atoms with van der Waals surface area (Å²) in [6.45, 7) is -1.02. The monoisotopic (exact) mass is 1050 g/mol. The molecule has 6 aromatic rings. The SMILES string of the molecule is CCOC(=O)c1cccc(Sc2c(Cl)n(CC(=O)O)c3c(F)c(Cl)ccc23)c1F.O=C([O-])c1cccc(Sc2c(Cl)n(CC(=O)N3CCC(O)(C(F)(F)F)C3)c3c(F)c(Cl)ccc23)c1F.[Na+]. The molecule has 4 aromatic carbocycles. The van der Waals surface area contributed by atoms with E-state index in [0.29, 0.717) is 11.8 Å². The number of ether oxygens (including phenoxy) is 1. The smallest absolute Gasteiger partial charge is 0.545 e. The number of fused-ring (bicyclic) bond motifs is 2. The topological polar surface area (TPSA) is 154 Å². The van der Waals surface area contributed by atoms with Crippen molar-refractivity contribution >= 4 is 116 Å². The summed E-state index contributed by atoms with van der Waals surface area (Å²) in [4.78, 5) is 48.1. The summed E-state index contributed by atoms with van der Waals surface area (Å²) >= 11 is 26.0. The van der Waals surface area contributed by atoms with Gasteiger partial charge >= 0.3 is 47.7 Å². The van der Waals surface area contributed by atoms with Crippen LogP contribution in [0.2, 0.25) is 20.4 Å². The van der Waals surface area contributed by atoms with Crippen LogP contribution in [-0.4, -0.2) is 79.5 Å². The van der Waals surface area contributed by atoms with Crippen LogP contribution in [0, 0.1) is 23.3 Å². The van der Waals surface area contributed by atoms with Gasteiger partial charge in [0.15, 0.2) is 23.1 Å². The van der Waals surface area contributed by atoms with E-state index >= 15 is 4.39 Å². The van der Waals surface area contributed by atoms with Crippen molar-refractivity contribution in [2.75, 3.05) is 19.7 Å². The van der Waals surface area contributed by atoms with Crippen LogP contribution in [0.5, 0.6) is 0 Å². The van der Waals surface area contributed by atoms with Gasteiger partial charge in [0.25, 0.3) is 0 Å². The fourth-order valence-electron chi connectivity index (χ4n) is 6.66. The Bertz CT molecular complexity index is 2920. The van der Waals surface area contributed by atoms with Crippen molar-refractivity contribution in [1.82, 2.24) is 14.0 Å². The molecule has 2 aromatic heterocycles. The van der Waals surface area contributed by atoms with E-state index in [9.17, 15) is 55.7 Å². The number of hydrogen-bond acceptors (Lipinski definition) is 9. The second kappa shape index (κ2) is 21.2. The number of carboxylic acid groups (broad SMARTS) is 2. The van der Waals surface area contributed by atoms with Gasteiger partial charge in [0.2, 0.25) is 5.91 Å². The Morgan fingerprint density at radius 3 is 1.67 bits per heavy atom. The Morgan fingerprint density at radius 1 is 0.758 bits per heavy atom. The van der Waals surface area contributed by atoms with E-state index in [-0.39, 0.29) is 103 Å². The van der Waals surface area contributed by atoms with Gasteiger partial charge in [-0.05, 0) is 49.4 Å². The Hall–Kier alpha value is -3.83. The van der Waals surface area contributed by atoms with Gasteiger partial charge in [-0.15, -0.1) is 0 Å². The number of β-amino-alcohol motifs (C(OH)–C–C–N with tert-alkyl or cyclic N) is 1. The summed E-state index contributed by atoms with van der Waals surface area (Å²) in [5.41, 5.74) is -4.39. The molecule has 1 saturated heterocycles. The van der Waals surface area contributed by atoms with E-state index in [1.807, 2.05) is 0 Å². The third-order valence-electron chi connectivity index (χ3n) is 9.80. The molecule has 7 rings (SSSR count). The minimum Gasteiger partial charge on any atom is -0.545 e. The first-order valence-electron chi connectivity index (χ1n) is 18.4. The van der Waals surface area contributed by atoms with Crippen molar-refractivity contribution in [1.29, 1.82) is 0 Å². The van der Waals surface area contributed by atoms with E-state index in [1.165, 1.54) is 54.6 Å². The van der Waals surface area contributed by atoms with Gasteiger partial charge in [0, 0.05) is 39.1 Å². The largest absolute Gasteiger partial charge is 1.00 e. The van der Waals surface area contributed by atoms with E-state index in [1.54, 1.807) is 6.92 Å². The molecule has 2 N–H and O–H groups in total. The van der Waals surface area contributed by atoms with Gasteiger partial charge in [-0.25, -0.2) is 22.4 Å². The number of nitrogens with zero attached hydrogens (tertiary/aromatic N) is 3. The maximum Gasteiger partial charge on any atom is 1.00 e. The van der Waals surface area contributed by atoms with Crippen LogP contribution >= 0.6 is 69.9 Å². The summed E-state index contributed by atoms with van der Waals surface area (Å²) < 4.78 is 106. The molecular formula is C41H27Cl4F7N3NaO8S2. The zero-order valence-electron chi connectivity index (χ0n) is 33.7. The molecule has 0 bridgehead atoms. The van der Waals surface area contributed by atoms with Gasteiger partial charge in [0.1, 0.15) is 29.2 Å². The molecule has 3 heterocycles. The van der Waals surface area contributed by atoms with Crippen LogP contribution in [0.25, 0.3) is 21.8 Å². The molecule has 66 heavy (non-hydrogen) atoms. The number of carboxylic acids is 2. The molecule has 0 spiro atoms. The van der Waals surface area contributed by atoms with Crippen molar-refractivity contribution < 1.29 is 99.5 Å². The van der Waals surface area contributed by atoms with Gasteiger partial charge < -0.3 is 38.9 Å². The number of amides is 1. The summed E-state index contributed by atoms with van der Waals surface area (Å²) in [5, 5.41) is 29.7. The van der Waals surface area contributed by atoms with Gasteiger partial charge in [-0.2, -0.15) is 13.2 Å². The zero-order valence-corrected chi connectivity index (χ0v) is 40.3. The molecule has 0 saturated carbocycles. The van der Waals surface area contributed by atoms with Crippen LogP contribution in [0.3, 0.4) is 0 Å². The number of aliphatic hydroxyl groups is 1. The summed E-state index contributed by atoms with van der Waals surface area (Å²) in [6, 6.07) is 13.0. The Kier molecular flexibility index (Phi) is 17.1. The number of carbonyl (C=O) groups excluding carboxylic acids is 3. The predicted molar refractivity (Wildman–Crippen MR) is 225 cm³/mol. The summed E-state index contributed by atoms with van der Waals surface area (Å²) in [6.07, 6.45) is -5.68. The minimum absolute atomic E-state index is 0. The maximum absolute atomic E-state index is 15.1. The third-order valence-corrected chi connectivity index (χ3v) is 13.7. The fourth-order valence-corrected chi connectivity index (χ4v) is 9.76. The number of benzene rings is 4. The minimum atomic E-state index is -4.95. The van der Waals surface area contributed by atoms with E-state index in [0.717, 1.165) is 31.9 Å². The molecule has 0 aliphatic carbocycles. The van der Waals surface area contributed by atoms with Crippen LogP contribution in [-0.2, 0) is 27.4 Å². The van der Waals surface area contributed by atoms with Gasteiger partial charge in [-0.3, -0.25) is 9.59 Å². The van der Waals surface area contributed by atoms with Crippen molar-refractivity contribution in [2.45, 2.75) is 57.8 Å². The molecule has 1 atom stereocenters. The number of halogens is 11. The number of likely N-dealkylation sites (tertiary alicyclic amines) is 1. The number of aromatic nitrogens is 2. The van der Waals surface area contributed by atoms with Crippen LogP contribution in [0.1, 0.15) is 34.1 Å². The number of alkyl halides is 3. The molecule has 1 fully saturated rings. The molecule has 25 heteroatoms. The van der Waals surface area contributed by atoms with E-state index < -0.39 is 97.0 Å². The fraction of sp³-hybridized carbons (Fsp3) is 0.220. The van der Waals surface area contributed by atoms with Crippen molar-refractivity contribution in [3.05, 3.63) is 115 Å². The third kappa shape index (κ3) is 10.6.